The van der Waals surface area contributed by atoms with Gasteiger partial charge in [-0.3, -0.25) is 0 Å². The minimum absolute atomic E-state index is 0.258. The van der Waals surface area contributed by atoms with Crippen molar-refractivity contribution in [3.8, 4) is 0 Å². The van der Waals surface area contributed by atoms with Crippen LogP contribution >= 0.6 is 0 Å². The predicted octanol–water partition coefficient (Wildman–Crippen LogP) is 15.5. The number of aromatic nitrogens is 1. The molecule has 0 N–H and O–H groups in total. The Balaban J connectivity index is 1.32. The fourth-order valence-corrected chi connectivity index (χ4v) is 10.1. The highest BCUT2D eigenvalue weighted by Gasteiger charge is 2.26. The molecule has 6 heteroatoms. The maximum Gasteiger partial charge on any atom is 0.268 e. The van der Waals surface area contributed by atoms with Gasteiger partial charge in [0.2, 0.25) is 0 Å². The van der Waals surface area contributed by atoms with Gasteiger partial charge in [-0.25, -0.2) is 12.4 Å². The molecule has 0 radical (unpaired) electrons. The summed E-state index contributed by atoms with van der Waals surface area (Å²) in [6, 6.07) is 58.2. The third-order valence-electron chi connectivity index (χ3n) is 11.8. The predicted molar refractivity (Wildman–Crippen MR) is 258 cm³/mol. The molecule has 0 aliphatic heterocycles. The molecule has 0 saturated heterocycles. The SMILES string of the molecule is CCCCCCc1cccc(N(c2ccccc2)c2ccc3c(c2)c2cc(N(c4ccccc4)c4cccc(CCCCCC)c4)ccc2n3S(=O)(=O)c2ccc(C)cc2)c1. The first kappa shape index (κ1) is 41.6. The van der Waals surface area contributed by atoms with Gasteiger partial charge in [-0.15, -0.1) is 0 Å². The van der Waals surface area contributed by atoms with Gasteiger partial charge in [0.05, 0.1) is 15.9 Å². The van der Waals surface area contributed by atoms with Gasteiger partial charge in [0.25, 0.3) is 10.0 Å². The molecule has 1 heterocycles. The van der Waals surface area contributed by atoms with Crippen LogP contribution in [0.5, 0.6) is 0 Å². The molecule has 7 aromatic carbocycles. The van der Waals surface area contributed by atoms with Crippen molar-refractivity contribution in [1.82, 2.24) is 3.97 Å². The van der Waals surface area contributed by atoms with Crippen molar-refractivity contribution in [2.45, 2.75) is 89.9 Å². The van der Waals surface area contributed by atoms with E-state index in [0.717, 1.165) is 76.1 Å². The second-order valence-corrected chi connectivity index (χ2v) is 18.1. The molecule has 8 aromatic rings. The molecule has 0 saturated carbocycles. The third kappa shape index (κ3) is 9.16. The molecule has 0 bridgehead atoms. The molecule has 1 aromatic heterocycles. The van der Waals surface area contributed by atoms with Gasteiger partial charge < -0.3 is 9.80 Å². The topological polar surface area (TPSA) is 45.5 Å². The van der Waals surface area contributed by atoms with E-state index >= 15 is 0 Å². The average Bonchev–Trinajstić information content (AvgIpc) is 3.62. The normalized spacial score (nSPS) is 11.7. The van der Waals surface area contributed by atoms with E-state index in [1.807, 2.05) is 43.3 Å². The molecule has 310 valence electrons. The lowest BCUT2D eigenvalue weighted by molar-refractivity contribution is 0.590. The zero-order valence-corrected chi connectivity index (χ0v) is 36.6. The van der Waals surface area contributed by atoms with Crippen molar-refractivity contribution in [3.05, 3.63) is 187 Å². The van der Waals surface area contributed by atoms with Crippen molar-refractivity contribution in [2.75, 3.05) is 9.80 Å². The summed E-state index contributed by atoms with van der Waals surface area (Å²) in [7, 11) is -3.99. The number of para-hydroxylation sites is 2. The third-order valence-corrected chi connectivity index (χ3v) is 13.5. The second kappa shape index (κ2) is 19.1. The number of nitrogens with zero attached hydrogens (tertiary/aromatic N) is 3. The minimum atomic E-state index is -3.99. The number of unbranched alkanes of at least 4 members (excludes halogenated alkanes) is 6. The van der Waals surface area contributed by atoms with Crippen molar-refractivity contribution >= 4 is 66.0 Å². The van der Waals surface area contributed by atoms with Crippen LogP contribution in [0, 0.1) is 6.92 Å². The molecule has 0 aliphatic rings. The monoisotopic (exact) mass is 823 g/mol. The smallest absolute Gasteiger partial charge is 0.268 e. The molecule has 8 rings (SSSR count). The number of fused-ring (bicyclic) bond motifs is 3. The molecule has 0 amide bonds. The first-order valence-corrected chi connectivity index (χ1v) is 23.6. The molecular weight excluding hydrogens is 767 g/mol. The van der Waals surface area contributed by atoms with E-state index in [1.165, 1.54) is 49.7 Å². The maximum atomic E-state index is 14.8. The van der Waals surface area contributed by atoms with Crippen LogP contribution in [0.25, 0.3) is 21.8 Å². The van der Waals surface area contributed by atoms with Gasteiger partial charge in [0, 0.05) is 44.9 Å². The van der Waals surface area contributed by atoms with Gasteiger partial charge in [-0.2, -0.15) is 0 Å². The Bertz CT molecular complexity index is 2660. The van der Waals surface area contributed by atoms with E-state index in [0.29, 0.717) is 11.0 Å². The highest BCUT2D eigenvalue weighted by molar-refractivity contribution is 7.90. The Labute approximate surface area is 363 Å². The van der Waals surface area contributed by atoms with Gasteiger partial charge in [-0.05, 0) is 141 Å². The summed E-state index contributed by atoms with van der Waals surface area (Å²) in [5, 5.41) is 1.72. The molecule has 0 unspecified atom stereocenters. The van der Waals surface area contributed by atoms with Crippen LogP contribution in [-0.4, -0.2) is 12.4 Å². The largest absolute Gasteiger partial charge is 0.310 e. The van der Waals surface area contributed by atoms with E-state index < -0.39 is 10.0 Å². The number of hydrogen-bond acceptors (Lipinski definition) is 4. The zero-order valence-electron chi connectivity index (χ0n) is 35.8. The number of benzene rings is 7. The summed E-state index contributed by atoms with van der Waals surface area (Å²) >= 11 is 0. The van der Waals surface area contributed by atoms with E-state index in [1.54, 1.807) is 16.1 Å². The standard InChI is InChI=1S/C55H57N3O2S/c1-4-6-8-12-20-43-22-18-28-47(38-43)56(45-24-14-10-15-25-45)49-32-36-54-52(40-49)53-41-50(33-37-55(53)58(54)61(59,60)51-34-30-42(3)31-35-51)57(46-26-16-11-17-27-46)48-29-19-23-44(39-48)21-13-9-7-5-2/h10-11,14-19,22-41H,4-9,12-13,20-21H2,1-3H3. The van der Waals surface area contributed by atoms with Gasteiger partial charge >= 0.3 is 0 Å². The maximum absolute atomic E-state index is 14.8. The van der Waals surface area contributed by atoms with Crippen LogP contribution in [0.3, 0.4) is 0 Å². The summed E-state index contributed by atoms with van der Waals surface area (Å²) in [5.74, 6) is 0. The molecule has 0 atom stereocenters. The van der Waals surface area contributed by atoms with Gasteiger partial charge in [0.15, 0.2) is 0 Å². The lowest BCUT2D eigenvalue weighted by Crippen LogP contribution is -2.13. The summed E-state index contributed by atoms with van der Waals surface area (Å²) in [6.07, 6.45) is 11.8. The van der Waals surface area contributed by atoms with E-state index in [-0.39, 0.29) is 4.90 Å². The van der Waals surface area contributed by atoms with Crippen LogP contribution in [-0.2, 0) is 22.9 Å². The first-order chi connectivity index (χ1) is 29.9. The van der Waals surface area contributed by atoms with Crippen LogP contribution in [0.1, 0.15) is 81.9 Å². The fraction of sp³-hybridized carbons (Fsp3) is 0.236. The highest BCUT2D eigenvalue weighted by atomic mass is 32.2. The van der Waals surface area contributed by atoms with Crippen molar-refractivity contribution in [1.29, 1.82) is 0 Å². The lowest BCUT2D eigenvalue weighted by atomic mass is 10.0. The van der Waals surface area contributed by atoms with Crippen LogP contribution < -0.4 is 9.80 Å². The summed E-state index contributed by atoms with van der Waals surface area (Å²) in [6.45, 7) is 6.47. The Kier molecular flexibility index (Phi) is 13.0. The van der Waals surface area contributed by atoms with E-state index in [4.69, 9.17) is 0 Å². The molecule has 5 nitrogen and oxygen atoms in total. The van der Waals surface area contributed by atoms with Gasteiger partial charge in [-0.1, -0.05) is 131 Å². The summed E-state index contributed by atoms with van der Waals surface area (Å²) in [4.78, 5) is 4.84. The van der Waals surface area contributed by atoms with Crippen LogP contribution in [0.2, 0.25) is 0 Å². The molecule has 0 aliphatic carbocycles. The zero-order chi connectivity index (χ0) is 42.2. The Morgan fingerprint density at radius 3 is 1.30 bits per heavy atom. The summed E-state index contributed by atoms with van der Waals surface area (Å²) in [5.41, 5.74) is 11.0. The molecule has 61 heavy (non-hydrogen) atoms. The average molecular weight is 824 g/mol. The van der Waals surface area contributed by atoms with Crippen LogP contribution in [0.4, 0.5) is 34.1 Å². The molecular formula is C55H57N3O2S. The van der Waals surface area contributed by atoms with Crippen molar-refractivity contribution < 1.29 is 8.42 Å². The van der Waals surface area contributed by atoms with Crippen molar-refractivity contribution in [2.24, 2.45) is 0 Å². The Hall–Kier alpha value is -6.11. The minimum Gasteiger partial charge on any atom is -0.310 e. The number of rotatable bonds is 18. The van der Waals surface area contributed by atoms with Crippen LogP contribution in [0.15, 0.2) is 175 Å². The fourth-order valence-electron chi connectivity index (χ4n) is 8.58. The first-order valence-electron chi connectivity index (χ1n) is 22.1. The lowest BCUT2D eigenvalue weighted by Gasteiger charge is -2.26. The summed E-state index contributed by atoms with van der Waals surface area (Å²) < 4.78 is 31.2. The number of hydrogen-bond donors (Lipinski definition) is 0. The van der Waals surface area contributed by atoms with E-state index in [2.05, 4.69) is 145 Å². The Morgan fingerprint density at radius 1 is 0.426 bits per heavy atom. The highest BCUT2D eigenvalue weighted by Crippen LogP contribution is 2.43. The molecule has 0 fully saturated rings. The second-order valence-electron chi connectivity index (χ2n) is 16.3. The number of anilines is 6. The van der Waals surface area contributed by atoms with Gasteiger partial charge in [0.1, 0.15) is 0 Å². The quantitative estimate of drug-likeness (QED) is 0.0809. The van der Waals surface area contributed by atoms with E-state index in [9.17, 15) is 8.42 Å². The molecule has 0 spiro atoms. The Morgan fingerprint density at radius 2 is 0.852 bits per heavy atom. The van der Waals surface area contributed by atoms with Crippen molar-refractivity contribution in [3.63, 3.8) is 0 Å². The number of aryl methyl sites for hydroxylation is 3.